The first-order valence-electron chi connectivity index (χ1n) is 4.30. The Morgan fingerprint density at radius 1 is 1.29 bits per heavy atom. The van der Waals surface area contributed by atoms with Crippen LogP contribution >= 0.6 is 11.6 Å². The molecule has 0 saturated carbocycles. The molecule has 0 atom stereocenters. The second-order valence-electron chi connectivity index (χ2n) is 3.08. The molecular formula is C11H9ClN2. The number of aryl methyl sites for hydroxylation is 1. The molecule has 0 amide bonds. The monoisotopic (exact) mass is 204 g/mol. The molecule has 0 aromatic carbocycles. The summed E-state index contributed by atoms with van der Waals surface area (Å²) in [4.78, 5) is 8.30. The van der Waals surface area contributed by atoms with Gasteiger partial charge in [0, 0.05) is 24.2 Å². The number of hydrogen-bond donors (Lipinski definition) is 0. The van der Waals surface area contributed by atoms with Crippen LogP contribution in [0.2, 0.25) is 5.02 Å². The van der Waals surface area contributed by atoms with Crippen LogP contribution in [0.5, 0.6) is 0 Å². The highest BCUT2D eigenvalue weighted by molar-refractivity contribution is 6.33. The van der Waals surface area contributed by atoms with E-state index in [0.717, 1.165) is 16.8 Å². The topological polar surface area (TPSA) is 25.8 Å². The Morgan fingerprint density at radius 2 is 2.14 bits per heavy atom. The van der Waals surface area contributed by atoms with E-state index in [1.165, 1.54) is 0 Å². The highest BCUT2D eigenvalue weighted by Gasteiger charge is 2.04. The zero-order valence-electron chi connectivity index (χ0n) is 7.74. The Morgan fingerprint density at radius 3 is 2.79 bits per heavy atom. The van der Waals surface area contributed by atoms with E-state index in [2.05, 4.69) is 9.97 Å². The van der Waals surface area contributed by atoms with E-state index in [1.807, 2.05) is 25.1 Å². The fraction of sp³-hybridized carbons (Fsp3) is 0.0909. The third kappa shape index (κ3) is 1.75. The van der Waals surface area contributed by atoms with Crippen LogP contribution in [0.3, 0.4) is 0 Å². The van der Waals surface area contributed by atoms with Crippen LogP contribution in [-0.2, 0) is 0 Å². The summed E-state index contributed by atoms with van der Waals surface area (Å²) in [5.74, 6) is 0. The number of hydrogen-bond acceptors (Lipinski definition) is 2. The van der Waals surface area contributed by atoms with E-state index in [-0.39, 0.29) is 0 Å². The molecule has 0 N–H and O–H groups in total. The summed E-state index contributed by atoms with van der Waals surface area (Å²) in [7, 11) is 0. The molecule has 0 bridgehead atoms. The highest BCUT2D eigenvalue weighted by Crippen LogP contribution is 2.24. The molecule has 0 saturated heterocycles. The molecule has 0 unspecified atom stereocenters. The molecule has 3 heteroatoms. The third-order valence-electron chi connectivity index (χ3n) is 1.91. The van der Waals surface area contributed by atoms with Crippen LogP contribution < -0.4 is 0 Å². The van der Waals surface area contributed by atoms with Crippen LogP contribution in [0.4, 0.5) is 0 Å². The van der Waals surface area contributed by atoms with E-state index in [4.69, 9.17) is 11.6 Å². The molecule has 0 radical (unpaired) electrons. The van der Waals surface area contributed by atoms with Gasteiger partial charge < -0.3 is 0 Å². The number of nitrogens with zero attached hydrogens (tertiary/aromatic N) is 2. The van der Waals surface area contributed by atoms with E-state index in [1.54, 1.807) is 18.6 Å². The minimum absolute atomic E-state index is 0.665. The van der Waals surface area contributed by atoms with Crippen molar-refractivity contribution in [3.63, 3.8) is 0 Å². The molecule has 0 spiro atoms. The lowest BCUT2D eigenvalue weighted by Gasteiger charge is -2.02. The van der Waals surface area contributed by atoms with Gasteiger partial charge in [0.25, 0.3) is 0 Å². The predicted octanol–water partition coefficient (Wildman–Crippen LogP) is 3.11. The lowest BCUT2D eigenvalue weighted by Crippen LogP contribution is -1.86. The first kappa shape index (κ1) is 9.16. The lowest BCUT2D eigenvalue weighted by molar-refractivity contribution is 1.25. The summed E-state index contributed by atoms with van der Waals surface area (Å²) >= 11 is 6.07. The maximum absolute atomic E-state index is 6.07. The van der Waals surface area contributed by atoms with Crippen molar-refractivity contribution < 1.29 is 0 Å². The zero-order chi connectivity index (χ0) is 9.97. The van der Waals surface area contributed by atoms with E-state index >= 15 is 0 Å². The van der Waals surface area contributed by atoms with E-state index < -0.39 is 0 Å². The van der Waals surface area contributed by atoms with Crippen LogP contribution in [0.25, 0.3) is 11.3 Å². The van der Waals surface area contributed by atoms with Gasteiger partial charge >= 0.3 is 0 Å². The molecule has 0 aliphatic carbocycles. The summed E-state index contributed by atoms with van der Waals surface area (Å²) in [6.07, 6.45) is 5.28. The Balaban J connectivity index is 2.53. The number of halogens is 1. The molecular weight excluding hydrogens is 196 g/mol. The molecule has 2 aromatic rings. The Hall–Kier alpha value is -1.41. The lowest BCUT2D eigenvalue weighted by atomic mass is 10.2. The van der Waals surface area contributed by atoms with Gasteiger partial charge in [-0.3, -0.25) is 9.97 Å². The van der Waals surface area contributed by atoms with Crippen molar-refractivity contribution in [1.29, 1.82) is 0 Å². The van der Waals surface area contributed by atoms with Gasteiger partial charge in [0.2, 0.25) is 0 Å². The second-order valence-corrected chi connectivity index (χ2v) is 3.49. The molecule has 2 rings (SSSR count). The molecule has 2 nitrogen and oxygen atoms in total. The predicted molar refractivity (Wildman–Crippen MR) is 57.2 cm³/mol. The van der Waals surface area contributed by atoms with Crippen molar-refractivity contribution in [3.05, 3.63) is 47.4 Å². The Bertz CT molecular complexity index is 440. The summed E-state index contributed by atoms with van der Waals surface area (Å²) in [6, 6.07) is 5.71. The summed E-state index contributed by atoms with van der Waals surface area (Å²) in [5, 5.41) is 0.665. The fourth-order valence-corrected chi connectivity index (χ4v) is 1.58. The normalized spacial score (nSPS) is 10.1. The van der Waals surface area contributed by atoms with Gasteiger partial charge in [-0.05, 0) is 30.7 Å². The average molecular weight is 205 g/mol. The van der Waals surface area contributed by atoms with Crippen LogP contribution in [0.1, 0.15) is 5.56 Å². The van der Waals surface area contributed by atoms with Gasteiger partial charge in [0.15, 0.2) is 0 Å². The quantitative estimate of drug-likeness (QED) is 0.714. The van der Waals surface area contributed by atoms with Gasteiger partial charge in [-0.2, -0.15) is 0 Å². The highest BCUT2D eigenvalue weighted by atomic mass is 35.5. The molecule has 0 fully saturated rings. The molecule has 2 heterocycles. The SMILES string of the molecule is Cc1cnc(-c2cccnc2)c(Cl)c1. The van der Waals surface area contributed by atoms with Crippen LogP contribution in [-0.4, -0.2) is 9.97 Å². The average Bonchev–Trinajstić information content (AvgIpc) is 2.19. The maximum atomic E-state index is 6.07. The van der Waals surface area contributed by atoms with Gasteiger partial charge in [-0.1, -0.05) is 11.6 Å². The van der Waals surface area contributed by atoms with Crippen LogP contribution in [0, 0.1) is 6.92 Å². The largest absolute Gasteiger partial charge is 0.264 e. The van der Waals surface area contributed by atoms with Gasteiger partial charge in [0.05, 0.1) is 10.7 Å². The summed E-state index contributed by atoms with van der Waals surface area (Å²) in [6.45, 7) is 1.96. The van der Waals surface area contributed by atoms with Gasteiger partial charge in [0.1, 0.15) is 0 Å². The van der Waals surface area contributed by atoms with Crippen molar-refractivity contribution in [3.8, 4) is 11.3 Å². The zero-order valence-corrected chi connectivity index (χ0v) is 8.49. The third-order valence-corrected chi connectivity index (χ3v) is 2.20. The summed E-state index contributed by atoms with van der Waals surface area (Å²) in [5.41, 5.74) is 2.78. The van der Waals surface area contributed by atoms with Crippen molar-refractivity contribution in [2.45, 2.75) is 6.92 Å². The summed E-state index contributed by atoms with van der Waals surface area (Å²) < 4.78 is 0. The fourth-order valence-electron chi connectivity index (χ4n) is 1.25. The van der Waals surface area contributed by atoms with Crippen LogP contribution in [0.15, 0.2) is 36.8 Å². The standard InChI is InChI=1S/C11H9ClN2/c1-8-5-10(12)11(14-6-8)9-3-2-4-13-7-9/h2-7H,1H3. The number of rotatable bonds is 1. The number of aromatic nitrogens is 2. The molecule has 0 aliphatic rings. The molecule has 0 aliphatic heterocycles. The first-order valence-corrected chi connectivity index (χ1v) is 4.68. The number of pyridine rings is 2. The van der Waals surface area contributed by atoms with E-state index in [0.29, 0.717) is 5.02 Å². The maximum Gasteiger partial charge on any atom is 0.0903 e. The Kier molecular flexibility index (Phi) is 2.46. The first-order chi connectivity index (χ1) is 6.77. The van der Waals surface area contributed by atoms with Gasteiger partial charge in [-0.25, -0.2) is 0 Å². The van der Waals surface area contributed by atoms with Gasteiger partial charge in [-0.15, -0.1) is 0 Å². The van der Waals surface area contributed by atoms with Crippen molar-refractivity contribution in [2.24, 2.45) is 0 Å². The minimum Gasteiger partial charge on any atom is -0.264 e. The molecule has 14 heavy (non-hydrogen) atoms. The Labute approximate surface area is 87.6 Å². The van der Waals surface area contributed by atoms with Crippen molar-refractivity contribution in [2.75, 3.05) is 0 Å². The van der Waals surface area contributed by atoms with E-state index in [9.17, 15) is 0 Å². The van der Waals surface area contributed by atoms with Crippen molar-refractivity contribution >= 4 is 11.6 Å². The smallest absolute Gasteiger partial charge is 0.0903 e. The minimum atomic E-state index is 0.665. The van der Waals surface area contributed by atoms with Crippen molar-refractivity contribution in [1.82, 2.24) is 9.97 Å². The molecule has 70 valence electrons. The second kappa shape index (κ2) is 3.76. The molecule has 2 aromatic heterocycles.